The van der Waals surface area contributed by atoms with Crippen molar-refractivity contribution in [2.45, 2.75) is 19.6 Å². The van der Waals surface area contributed by atoms with Crippen molar-refractivity contribution in [3.05, 3.63) is 188 Å². The number of fused-ring (bicyclic) bond motifs is 6. The van der Waals surface area contributed by atoms with Gasteiger partial charge < -0.3 is 14.4 Å². The van der Waals surface area contributed by atoms with Crippen molar-refractivity contribution >= 4 is 56.7 Å². The largest absolute Gasteiger partial charge is 0.501 e. The summed E-state index contributed by atoms with van der Waals surface area (Å²) in [6, 6.07) is 49.7. The van der Waals surface area contributed by atoms with Crippen LogP contribution in [0.4, 0.5) is 0 Å². The van der Waals surface area contributed by atoms with Crippen LogP contribution in [0.2, 0.25) is 19.6 Å². The number of pyridine rings is 2. The van der Waals surface area contributed by atoms with E-state index in [1.165, 1.54) is 26.7 Å². The molecule has 0 aliphatic rings. The van der Waals surface area contributed by atoms with E-state index in [1.807, 2.05) is 48.5 Å². The molecule has 56 heavy (non-hydrogen) atoms. The van der Waals surface area contributed by atoms with Crippen LogP contribution in [0.25, 0.3) is 88.3 Å². The number of furan rings is 1. The molecule has 7 aromatic carbocycles. The smallest absolute Gasteiger partial charge is 0.121 e. The number of rotatable bonds is 5. The summed E-state index contributed by atoms with van der Waals surface area (Å²) >= 11 is 0. The van der Waals surface area contributed by atoms with E-state index in [1.54, 1.807) is 18.3 Å². The first-order valence-corrected chi connectivity index (χ1v) is 21.7. The fraction of sp³-hybridized carbons (Fsp3) is 0.0588. The molecule has 5 heteroatoms. The molecule has 0 unspecified atom stereocenters. The summed E-state index contributed by atoms with van der Waals surface area (Å²) in [6.07, 6.45) is 3.61. The Labute approximate surface area is 349 Å². The minimum atomic E-state index is -1.32. The molecule has 0 spiro atoms. The second kappa shape index (κ2) is 15.6. The number of hydrogen-bond acceptors (Lipinski definition) is 3. The van der Waals surface area contributed by atoms with Crippen LogP contribution >= 0.6 is 0 Å². The van der Waals surface area contributed by atoms with Gasteiger partial charge >= 0.3 is 0 Å². The third-order valence-corrected chi connectivity index (χ3v) is 12.0. The summed E-state index contributed by atoms with van der Waals surface area (Å²) < 4.78 is 46.8. The minimum absolute atomic E-state index is 0. The zero-order valence-electron chi connectivity index (χ0n) is 36.0. The summed E-state index contributed by atoms with van der Waals surface area (Å²) in [7, 11) is -1.32. The zero-order valence-corrected chi connectivity index (χ0v) is 34.4. The van der Waals surface area contributed by atoms with E-state index in [9.17, 15) is 0 Å². The maximum absolute atomic E-state index is 8.32. The van der Waals surface area contributed by atoms with Crippen LogP contribution < -0.4 is 5.19 Å². The van der Waals surface area contributed by atoms with Crippen molar-refractivity contribution in [1.29, 1.82) is 0 Å². The van der Waals surface area contributed by atoms with Crippen LogP contribution in [0.1, 0.15) is 6.85 Å². The van der Waals surface area contributed by atoms with E-state index >= 15 is 0 Å². The maximum atomic E-state index is 8.32. The van der Waals surface area contributed by atoms with Gasteiger partial charge in [0, 0.05) is 37.9 Å². The molecule has 3 nitrogen and oxygen atoms in total. The summed E-state index contributed by atoms with van der Waals surface area (Å²) in [5.74, 6) is 0. The van der Waals surface area contributed by atoms with Crippen LogP contribution in [0, 0.1) is 12.1 Å². The first kappa shape index (κ1) is 31.3. The predicted molar refractivity (Wildman–Crippen MR) is 233 cm³/mol. The molecule has 10 rings (SSSR count). The molecule has 0 saturated carbocycles. The van der Waals surface area contributed by atoms with Gasteiger partial charge in [0.15, 0.2) is 0 Å². The standard InChI is InChI=1S/C29H18NO.C22H20NSi.Ir/c1-3-8-20(9-4-1)22-14-15-24-25-12-7-13-26(29(25)31-28(24)19-22)27-18-23(16-17-30-27)21-10-5-2-6-11-21;1-24(2,3)17-12-14-22(23-15-17)21-10-6-9-19-18-8-5-4-7-16(18)11-13-20(19)21;/h1-12,14-19H;4-9,11-15H,1-3H3;/q2*-1;/i2D,5D,6D,10D,11D;;. The average molecular weight is 920 g/mol. The first-order valence-electron chi connectivity index (χ1n) is 20.7. The summed E-state index contributed by atoms with van der Waals surface area (Å²) in [5, 5.41) is 8.31. The summed E-state index contributed by atoms with van der Waals surface area (Å²) in [5.41, 5.74) is 7.38. The van der Waals surface area contributed by atoms with Gasteiger partial charge in [0.25, 0.3) is 0 Å². The monoisotopic (exact) mass is 920 g/mol. The molecular weight excluding hydrogens is 877 g/mol. The second-order valence-corrected chi connectivity index (χ2v) is 19.6. The zero-order chi connectivity index (χ0) is 41.7. The Bertz CT molecular complexity index is 3230. The Morgan fingerprint density at radius 3 is 2.07 bits per heavy atom. The van der Waals surface area contributed by atoms with Crippen molar-refractivity contribution in [3.63, 3.8) is 0 Å². The van der Waals surface area contributed by atoms with Crippen molar-refractivity contribution in [2.24, 2.45) is 0 Å². The van der Waals surface area contributed by atoms with E-state index in [2.05, 4.69) is 116 Å². The van der Waals surface area contributed by atoms with Gasteiger partial charge in [-0.25, -0.2) is 0 Å². The van der Waals surface area contributed by atoms with Crippen LogP contribution in [0.3, 0.4) is 0 Å². The molecule has 0 fully saturated rings. The number of aromatic nitrogens is 2. The molecule has 0 amide bonds. The normalized spacial score (nSPS) is 12.6. The molecule has 0 atom stereocenters. The van der Waals surface area contributed by atoms with Crippen LogP contribution in [-0.4, -0.2) is 18.0 Å². The van der Waals surface area contributed by atoms with Crippen LogP contribution in [-0.2, 0) is 20.1 Å². The Morgan fingerprint density at radius 2 is 1.29 bits per heavy atom. The summed E-state index contributed by atoms with van der Waals surface area (Å²) in [6.45, 7) is 7.04. The molecular formula is C51H38IrN2OSi-2. The number of benzene rings is 7. The molecule has 1 radical (unpaired) electrons. The van der Waals surface area contributed by atoms with Gasteiger partial charge in [-0.05, 0) is 61.7 Å². The Kier molecular flexibility index (Phi) is 8.73. The number of hydrogen-bond donors (Lipinski definition) is 0. The molecule has 10 aromatic rings. The van der Waals surface area contributed by atoms with Gasteiger partial charge in [-0.1, -0.05) is 169 Å². The van der Waals surface area contributed by atoms with E-state index < -0.39 is 14.1 Å². The van der Waals surface area contributed by atoms with Crippen LogP contribution in [0.5, 0.6) is 0 Å². The molecule has 273 valence electrons. The third kappa shape index (κ3) is 7.25. The van der Waals surface area contributed by atoms with Gasteiger partial charge in [0.2, 0.25) is 0 Å². The first-order chi connectivity index (χ1) is 29.0. The van der Waals surface area contributed by atoms with E-state index in [0.29, 0.717) is 22.4 Å². The topological polar surface area (TPSA) is 38.9 Å². The average Bonchev–Trinajstić information content (AvgIpc) is 3.66. The molecule has 0 aliphatic heterocycles. The van der Waals surface area contributed by atoms with E-state index in [0.717, 1.165) is 38.7 Å². The Morgan fingerprint density at radius 1 is 0.554 bits per heavy atom. The second-order valence-electron chi connectivity index (χ2n) is 14.5. The fourth-order valence-corrected chi connectivity index (χ4v) is 8.07. The molecule has 0 bridgehead atoms. The van der Waals surface area contributed by atoms with Gasteiger partial charge in [-0.2, -0.15) is 0 Å². The van der Waals surface area contributed by atoms with Crippen molar-refractivity contribution < 1.29 is 31.4 Å². The quantitative estimate of drug-likeness (QED) is 0.0981. The predicted octanol–water partition coefficient (Wildman–Crippen LogP) is 13.2. The molecule has 3 aromatic heterocycles. The van der Waals surface area contributed by atoms with Gasteiger partial charge in [-0.3, -0.25) is 0 Å². The van der Waals surface area contributed by atoms with Crippen molar-refractivity contribution in [2.75, 3.05) is 0 Å². The van der Waals surface area contributed by atoms with Gasteiger partial charge in [-0.15, -0.1) is 42.0 Å². The Hall–Kier alpha value is -5.97. The van der Waals surface area contributed by atoms with Crippen molar-refractivity contribution in [3.8, 4) is 44.8 Å². The molecule has 0 aliphatic carbocycles. The Balaban J connectivity index is 0.000000179. The third-order valence-electron chi connectivity index (χ3n) is 9.95. The maximum Gasteiger partial charge on any atom is 0.121 e. The fourth-order valence-electron chi connectivity index (χ4n) is 7.04. The van der Waals surface area contributed by atoms with Crippen molar-refractivity contribution in [1.82, 2.24) is 9.97 Å². The molecule has 0 N–H and O–H groups in total. The summed E-state index contributed by atoms with van der Waals surface area (Å²) in [4.78, 5) is 9.25. The van der Waals surface area contributed by atoms with Gasteiger partial charge in [0.05, 0.1) is 20.5 Å². The SMILES string of the molecule is C[Si](C)(C)c1ccc(-c2[c-]ccc3c2ccc2ccccc23)nc1.[2H]c1c([2H])c([2H])c(-c2ccnc(-c3[c-]ccc4c3oc3cc(-c5ccccc5)ccc34)c2)c([2H])c1[2H].[Ir]. The van der Waals surface area contributed by atoms with E-state index in [4.69, 9.17) is 16.3 Å². The molecule has 3 heterocycles. The molecule has 0 saturated heterocycles. The van der Waals surface area contributed by atoms with Gasteiger partial charge in [0.1, 0.15) is 5.58 Å². The van der Waals surface area contributed by atoms with Crippen LogP contribution in [0.15, 0.2) is 180 Å². The van der Waals surface area contributed by atoms with E-state index in [-0.39, 0.29) is 49.8 Å². The number of nitrogens with zero attached hydrogens (tertiary/aromatic N) is 2. The minimum Gasteiger partial charge on any atom is -0.501 e.